The van der Waals surface area contributed by atoms with E-state index in [4.69, 9.17) is 0 Å². The van der Waals surface area contributed by atoms with Crippen LogP contribution >= 0.6 is 0 Å². The third-order valence-electron chi connectivity index (χ3n) is 4.03. The van der Waals surface area contributed by atoms with Crippen LogP contribution in [0.2, 0.25) is 0 Å². The van der Waals surface area contributed by atoms with Crippen LogP contribution in [0.5, 0.6) is 0 Å². The number of aromatic nitrogens is 2. The molecule has 0 fully saturated rings. The van der Waals surface area contributed by atoms with E-state index < -0.39 is 0 Å². The van der Waals surface area contributed by atoms with E-state index in [1.54, 1.807) is 17.0 Å². The molecule has 4 nitrogen and oxygen atoms in total. The summed E-state index contributed by atoms with van der Waals surface area (Å²) in [7, 11) is 0. The SMILES string of the molecule is Cc1ccc(CNc2nccn(-c3ccc(C)cc3C)c2=O)cc1. The van der Waals surface area contributed by atoms with Gasteiger partial charge in [0.1, 0.15) is 0 Å². The van der Waals surface area contributed by atoms with Gasteiger partial charge in [0.25, 0.3) is 5.56 Å². The summed E-state index contributed by atoms with van der Waals surface area (Å²) < 4.78 is 1.64. The molecule has 1 aromatic heterocycles. The highest BCUT2D eigenvalue weighted by atomic mass is 16.1. The lowest BCUT2D eigenvalue weighted by molar-refractivity contribution is 0.935. The van der Waals surface area contributed by atoms with Crippen LogP contribution in [0.3, 0.4) is 0 Å². The lowest BCUT2D eigenvalue weighted by atomic mass is 10.1. The van der Waals surface area contributed by atoms with Crippen molar-refractivity contribution in [2.75, 3.05) is 5.32 Å². The fourth-order valence-electron chi connectivity index (χ4n) is 2.69. The van der Waals surface area contributed by atoms with Crippen molar-refractivity contribution in [3.63, 3.8) is 0 Å². The molecule has 0 amide bonds. The number of nitrogens with one attached hydrogen (secondary N) is 1. The zero-order chi connectivity index (χ0) is 17.1. The van der Waals surface area contributed by atoms with Gasteiger partial charge in [-0.2, -0.15) is 0 Å². The van der Waals surface area contributed by atoms with Crippen molar-refractivity contribution in [1.82, 2.24) is 9.55 Å². The monoisotopic (exact) mass is 319 g/mol. The van der Waals surface area contributed by atoms with Gasteiger partial charge in [0.05, 0.1) is 5.69 Å². The largest absolute Gasteiger partial charge is 0.361 e. The van der Waals surface area contributed by atoms with Crippen LogP contribution in [-0.4, -0.2) is 9.55 Å². The maximum atomic E-state index is 12.7. The Labute approximate surface area is 141 Å². The van der Waals surface area contributed by atoms with E-state index in [-0.39, 0.29) is 5.56 Å². The van der Waals surface area contributed by atoms with Gasteiger partial charge >= 0.3 is 0 Å². The molecular formula is C20H21N3O. The summed E-state index contributed by atoms with van der Waals surface area (Å²) >= 11 is 0. The molecule has 3 rings (SSSR count). The first-order valence-electron chi connectivity index (χ1n) is 7.99. The molecule has 122 valence electrons. The van der Waals surface area contributed by atoms with Crippen LogP contribution < -0.4 is 10.9 Å². The van der Waals surface area contributed by atoms with Crippen molar-refractivity contribution >= 4 is 5.82 Å². The molecule has 0 atom stereocenters. The minimum Gasteiger partial charge on any atom is -0.361 e. The van der Waals surface area contributed by atoms with Gasteiger partial charge in [0.15, 0.2) is 5.82 Å². The smallest absolute Gasteiger partial charge is 0.297 e. The van der Waals surface area contributed by atoms with Crippen LogP contribution in [-0.2, 0) is 6.54 Å². The van der Waals surface area contributed by atoms with Crippen molar-refractivity contribution in [2.45, 2.75) is 27.3 Å². The number of rotatable bonds is 4. The molecule has 4 heteroatoms. The Bertz CT molecular complexity index is 911. The zero-order valence-corrected chi connectivity index (χ0v) is 14.2. The molecule has 1 heterocycles. The molecule has 0 aliphatic carbocycles. The standard InChI is InChI=1S/C20H21N3O/c1-14-4-7-17(8-5-14)13-22-19-20(24)23(11-10-21-19)18-9-6-15(2)12-16(18)3/h4-12H,13H2,1-3H3,(H,21,22). The van der Waals surface area contributed by atoms with E-state index in [1.807, 2.05) is 38.1 Å². The minimum absolute atomic E-state index is 0.142. The highest BCUT2D eigenvalue weighted by Gasteiger charge is 2.08. The lowest BCUT2D eigenvalue weighted by Gasteiger charge is -2.12. The average molecular weight is 319 g/mol. The first kappa shape index (κ1) is 16.0. The number of nitrogens with zero attached hydrogens (tertiary/aromatic N) is 2. The second-order valence-corrected chi connectivity index (χ2v) is 6.08. The van der Waals surface area contributed by atoms with Crippen molar-refractivity contribution in [2.24, 2.45) is 0 Å². The molecule has 0 aliphatic rings. The van der Waals surface area contributed by atoms with Gasteiger partial charge in [0.2, 0.25) is 0 Å². The molecule has 3 aromatic rings. The first-order chi connectivity index (χ1) is 11.5. The molecule has 0 aliphatic heterocycles. The predicted molar refractivity (Wildman–Crippen MR) is 97.8 cm³/mol. The Morgan fingerprint density at radius 3 is 2.42 bits per heavy atom. The zero-order valence-electron chi connectivity index (χ0n) is 14.2. The number of hydrogen-bond donors (Lipinski definition) is 1. The lowest BCUT2D eigenvalue weighted by Crippen LogP contribution is -2.23. The minimum atomic E-state index is -0.142. The summed E-state index contributed by atoms with van der Waals surface area (Å²) in [5.41, 5.74) is 5.31. The van der Waals surface area contributed by atoms with Crippen molar-refractivity contribution in [3.8, 4) is 5.69 Å². The molecule has 0 radical (unpaired) electrons. The molecule has 0 saturated carbocycles. The van der Waals surface area contributed by atoms with Gasteiger partial charge in [-0.1, -0.05) is 47.5 Å². The van der Waals surface area contributed by atoms with E-state index in [1.165, 1.54) is 11.1 Å². The van der Waals surface area contributed by atoms with Gasteiger partial charge in [-0.25, -0.2) is 4.98 Å². The molecule has 24 heavy (non-hydrogen) atoms. The Hall–Kier alpha value is -2.88. The van der Waals surface area contributed by atoms with E-state index in [9.17, 15) is 4.79 Å². The normalized spacial score (nSPS) is 10.6. The van der Waals surface area contributed by atoms with Gasteiger partial charge in [-0.15, -0.1) is 0 Å². The maximum absolute atomic E-state index is 12.7. The van der Waals surface area contributed by atoms with E-state index in [0.717, 1.165) is 16.8 Å². The summed E-state index contributed by atoms with van der Waals surface area (Å²) in [5.74, 6) is 0.359. The van der Waals surface area contributed by atoms with Crippen LogP contribution in [0.4, 0.5) is 5.82 Å². The number of hydrogen-bond acceptors (Lipinski definition) is 3. The van der Waals surface area contributed by atoms with Crippen molar-refractivity contribution in [1.29, 1.82) is 0 Å². The van der Waals surface area contributed by atoms with Crippen LogP contribution in [0.25, 0.3) is 5.69 Å². The fraction of sp³-hybridized carbons (Fsp3) is 0.200. The first-order valence-corrected chi connectivity index (χ1v) is 7.99. The number of benzene rings is 2. The van der Waals surface area contributed by atoms with Gasteiger partial charge < -0.3 is 5.32 Å². The molecule has 0 saturated heterocycles. The van der Waals surface area contributed by atoms with Crippen LogP contribution in [0.1, 0.15) is 22.3 Å². The van der Waals surface area contributed by atoms with E-state index >= 15 is 0 Å². The van der Waals surface area contributed by atoms with Crippen LogP contribution in [0.15, 0.2) is 59.7 Å². The second-order valence-electron chi connectivity index (χ2n) is 6.08. The number of anilines is 1. The molecule has 0 bridgehead atoms. The Balaban J connectivity index is 1.88. The summed E-state index contributed by atoms with van der Waals surface area (Å²) in [5, 5.41) is 3.15. The number of aryl methyl sites for hydroxylation is 3. The third kappa shape index (κ3) is 3.38. The summed E-state index contributed by atoms with van der Waals surface area (Å²) in [6.07, 6.45) is 3.36. The maximum Gasteiger partial charge on any atom is 0.297 e. The fourth-order valence-corrected chi connectivity index (χ4v) is 2.69. The Morgan fingerprint density at radius 2 is 1.71 bits per heavy atom. The highest BCUT2D eigenvalue weighted by molar-refractivity contribution is 5.45. The molecule has 0 spiro atoms. The topological polar surface area (TPSA) is 46.9 Å². The summed E-state index contributed by atoms with van der Waals surface area (Å²) in [4.78, 5) is 16.9. The molecule has 1 N–H and O–H groups in total. The Kier molecular flexibility index (Phi) is 4.47. The quantitative estimate of drug-likeness (QED) is 0.796. The van der Waals surface area contributed by atoms with Crippen molar-refractivity contribution < 1.29 is 0 Å². The van der Waals surface area contributed by atoms with Crippen LogP contribution in [0, 0.1) is 20.8 Å². The van der Waals surface area contributed by atoms with Gasteiger partial charge in [-0.05, 0) is 38.0 Å². The molecular weight excluding hydrogens is 298 g/mol. The Morgan fingerprint density at radius 1 is 1.00 bits per heavy atom. The molecule has 2 aromatic carbocycles. The van der Waals surface area contributed by atoms with E-state index in [2.05, 4.69) is 35.4 Å². The van der Waals surface area contributed by atoms with Crippen molar-refractivity contribution in [3.05, 3.63) is 87.5 Å². The predicted octanol–water partition coefficient (Wildman–Crippen LogP) is 3.77. The second kappa shape index (κ2) is 6.71. The van der Waals surface area contributed by atoms with Gasteiger partial charge in [-0.3, -0.25) is 9.36 Å². The average Bonchev–Trinajstić information content (AvgIpc) is 2.56. The van der Waals surface area contributed by atoms with Gasteiger partial charge in [0, 0.05) is 18.9 Å². The highest BCUT2D eigenvalue weighted by Crippen LogP contribution is 2.14. The molecule has 0 unspecified atom stereocenters. The summed E-state index contributed by atoms with van der Waals surface area (Å²) in [6, 6.07) is 14.3. The third-order valence-corrected chi connectivity index (χ3v) is 4.03. The summed E-state index contributed by atoms with van der Waals surface area (Å²) in [6.45, 7) is 6.67. The van der Waals surface area contributed by atoms with E-state index in [0.29, 0.717) is 12.4 Å².